The average Bonchev–Trinajstić information content (AvgIpc) is 2.38. The lowest BCUT2D eigenvalue weighted by atomic mass is 9.95. The number of carbonyl (C=O) groups is 2. The third-order valence-electron chi connectivity index (χ3n) is 4.80. The summed E-state index contributed by atoms with van der Waals surface area (Å²) in [6.07, 6.45) is 0.669. The number of rotatable bonds is 5. The molecule has 1 fully saturated rings. The maximum absolute atomic E-state index is 11.8. The molecule has 1 aliphatic heterocycles. The zero-order valence-electron chi connectivity index (χ0n) is 14.2. The fourth-order valence-electron chi connectivity index (χ4n) is 2.48. The van der Waals surface area contributed by atoms with Gasteiger partial charge in [0.1, 0.15) is 5.78 Å². The summed E-state index contributed by atoms with van der Waals surface area (Å²) in [6.45, 7) is 11.3. The minimum absolute atomic E-state index is 0.0157. The molecular formula is C15H28BrNO4Si. The highest BCUT2D eigenvalue weighted by Crippen LogP contribution is 2.39. The van der Waals surface area contributed by atoms with E-state index in [0.29, 0.717) is 6.54 Å². The SMILES string of the molecule is CC(C)(C)[Si](C)(C)O[C@H]1CCCN(C(=O)O)[C@@H]1CC(=O)CBr. The lowest BCUT2D eigenvalue weighted by Gasteiger charge is -2.45. The Morgan fingerprint density at radius 2 is 1.95 bits per heavy atom. The first-order valence-corrected chi connectivity index (χ1v) is 11.8. The van der Waals surface area contributed by atoms with Crippen molar-refractivity contribution < 1.29 is 19.1 Å². The number of alkyl halides is 1. The number of Topliss-reactive ketones (excluding diaryl/α,β-unsaturated/α-hetero) is 1. The number of amides is 1. The van der Waals surface area contributed by atoms with E-state index in [0.717, 1.165) is 12.8 Å². The molecule has 22 heavy (non-hydrogen) atoms. The fourth-order valence-corrected chi connectivity index (χ4v) is 4.10. The van der Waals surface area contributed by atoms with E-state index in [1.165, 1.54) is 4.90 Å². The fraction of sp³-hybridized carbons (Fsp3) is 0.867. The van der Waals surface area contributed by atoms with Crippen molar-refractivity contribution >= 4 is 36.1 Å². The lowest BCUT2D eigenvalue weighted by Crippen LogP contribution is -2.56. The molecule has 0 unspecified atom stereocenters. The minimum Gasteiger partial charge on any atom is -0.465 e. The van der Waals surface area contributed by atoms with Crippen molar-refractivity contribution in [1.29, 1.82) is 0 Å². The number of likely N-dealkylation sites (tertiary alicyclic amines) is 1. The van der Waals surface area contributed by atoms with Gasteiger partial charge in [0.05, 0.1) is 17.5 Å². The summed E-state index contributed by atoms with van der Waals surface area (Å²) in [7, 11) is -2.00. The Hall–Kier alpha value is -0.403. The standard InChI is InChI=1S/C15H28BrNO4Si/c1-15(2,3)22(4,5)21-13-7-6-8-17(14(19)20)12(13)9-11(18)10-16/h12-13H,6-10H2,1-5H3,(H,19,20)/t12-,13+/m1/s1. The second-order valence-corrected chi connectivity index (χ2v) is 12.8. The summed E-state index contributed by atoms with van der Waals surface area (Å²) in [4.78, 5) is 24.7. The smallest absolute Gasteiger partial charge is 0.407 e. The Morgan fingerprint density at radius 1 is 1.36 bits per heavy atom. The molecule has 1 amide bonds. The van der Waals surface area contributed by atoms with E-state index in [1.807, 2.05) is 0 Å². The van der Waals surface area contributed by atoms with Gasteiger partial charge in [-0.05, 0) is 31.0 Å². The summed E-state index contributed by atoms with van der Waals surface area (Å²) in [5.41, 5.74) is 0. The van der Waals surface area contributed by atoms with Crippen molar-refractivity contribution in [3.63, 3.8) is 0 Å². The van der Waals surface area contributed by atoms with E-state index in [2.05, 4.69) is 49.8 Å². The molecule has 1 rings (SSSR count). The van der Waals surface area contributed by atoms with Crippen molar-refractivity contribution in [1.82, 2.24) is 4.90 Å². The molecule has 1 heterocycles. The summed E-state index contributed by atoms with van der Waals surface area (Å²) in [5, 5.41) is 9.74. The Morgan fingerprint density at radius 3 is 2.41 bits per heavy atom. The van der Waals surface area contributed by atoms with E-state index in [9.17, 15) is 14.7 Å². The van der Waals surface area contributed by atoms with E-state index in [4.69, 9.17) is 4.43 Å². The average molecular weight is 394 g/mol. The van der Waals surface area contributed by atoms with E-state index in [1.54, 1.807) is 0 Å². The van der Waals surface area contributed by atoms with Crippen LogP contribution in [0.2, 0.25) is 18.1 Å². The molecule has 128 valence electrons. The Bertz CT molecular complexity index is 422. The molecule has 2 atom stereocenters. The monoisotopic (exact) mass is 393 g/mol. The van der Waals surface area contributed by atoms with Gasteiger partial charge in [-0.15, -0.1) is 0 Å². The molecule has 0 aromatic carbocycles. The number of halogens is 1. The van der Waals surface area contributed by atoms with Gasteiger partial charge >= 0.3 is 6.09 Å². The van der Waals surface area contributed by atoms with Crippen molar-refractivity contribution in [2.75, 3.05) is 11.9 Å². The van der Waals surface area contributed by atoms with E-state index in [-0.39, 0.29) is 34.7 Å². The van der Waals surface area contributed by atoms with Crippen molar-refractivity contribution in [3.05, 3.63) is 0 Å². The first kappa shape index (κ1) is 19.6. The third-order valence-corrected chi connectivity index (χ3v) is 9.93. The van der Waals surface area contributed by atoms with Crippen LogP contribution in [0.1, 0.15) is 40.0 Å². The largest absolute Gasteiger partial charge is 0.465 e. The van der Waals surface area contributed by atoms with Crippen molar-refractivity contribution in [2.24, 2.45) is 0 Å². The summed E-state index contributed by atoms with van der Waals surface area (Å²) in [5.74, 6) is 0.0157. The zero-order valence-corrected chi connectivity index (χ0v) is 16.8. The molecule has 0 aromatic rings. The van der Waals surface area contributed by atoms with Crippen molar-refractivity contribution in [3.8, 4) is 0 Å². The van der Waals surface area contributed by atoms with Gasteiger partial charge in [-0.1, -0.05) is 36.7 Å². The Kier molecular flexibility index (Phi) is 6.65. The normalized spacial score (nSPS) is 23.5. The van der Waals surface area contributed by atoms with Gasteiger partial charge in [0, 0.05) is 13.0 Å². The number of nitrogens with zero attached hydrogens (tertiary/aromatic N) is 1. The van der Waals surface area contributed by atoms with E-state index >= 15 is 0 Å². The van der Waals surface area contributed by atoms with Gasteiger partial charge in [-0.25, -0.2) is 4.79 Å². The highest BCUT2D eigenvalue weighted by Gasteiger charge is 2.44. The van der Waals surface area contributed by atoms with Gasteiger partial charge in [-0.2, -0.15) is 0 Å². The molecule has 5 nitrogen and oxygen atoms in total. The maximum Gasteiger partial charge on any atom is 0.407 e. The molecular weight excluding hydrogens is 366 g/mol. The van der Waals surface area contributed by atoms with Gasteiger partial charge in [-0.3, -0.25) is 4.79 Å². The van der Waals surface area contributed by atoms with Crippen LogP contribution in [0.4, 0.5) is 4.79 Å². The number of carboxylic acid groups (broad SMARTS) is 1. The molecule has 0 bridgehead atoms. The van der Waals surface area contributed by atoms with Crippen LogP contribution in [0.15, 0.2) is 0 Å². The molecule has 1 N–H and O–H groups in total. The first-order valence-electron chi connectivity index (χ1n) is 7.74. The zero-order chi connectivity index (χ0) is 17.1. The number of hydrogen-bond donors (Lipinski definition) is 1. The molecule has 0 aliphatic carbocycles. The highest BCUT2D eigenvalue weighted by molar-refractivity contribution is 9.09. The number of piperidine rings is 1. The number of ketones is 1. The van der Waals surface area contributed by atoms with Crippen LogP contribution in [0.3, 0.4) is 0 Å². The molecule has 7 heteroatoms. The topological polar surface area (TPSA) is 66.8 Å². The van der Waals surface area contributed by atoms with Crippen LogP contribution >= 0.6 is 15.9 Å². The van der Waals surface area contributed by atoms with Gasteiger partial charge < -0.3 is 14.4 Å². The minimum atomic E-state index is -2.00. The quantitative estimate of drug-likeness (QED) is 0.568. The second-order valence-electron chi connectivity index (χ2n) is 7.48. The lowest BCUT2D eigenvalue weighted by molar-refractivity contribution is -0.119. The molecule has 0 aromatic heterocycles. The van der Waals surface area contributed by atoms with Gasteiger partial charge in [0.2, 0.25) is 0 Å². The molecule has 0 spiro atoms. The number of hydrogen-bond acceptors (Lipinski definition) is 3. The van der Waals surface area contributed by atoms with Crippen LogP contribution in [0.25, 0.3) is 0 Å². The third kappa shape index (κ3) is 4.79. The highest BCUT2D eigenvalue weighted by atomic mass is 79.9. The molecule has 0 saturated carbocycles. The Balaban J connectivity index is 2.97. The molecule has 1 saturated heterocycles. The van der Waals surface area contributed by atoms with Crippen molar-refractivity contribution in [2.45, 2.75) is 70.3 Å². The van der Waals surface area contributed by atoms with Crippen LogP contribution in [-0.2, 0) is 9.22 Å². The second kappa shape index (κ2) is 7.44. The predicted molar refractivity (Wildman–Crippen MR) is 93.2 cm³/mol. The van der Waals surface area contributed by atoms with Gasteiger partial charge in [0.25, 0.3) is 0 Å². The number of carbonyl (C=O) groups excluding carboxylic acids is 1. The predicted octanol–water partition coefficient (Wildman–Crippen LogP) is 3.87. The summed E-state index contributed by atoms with van der Waals surface area (Å²) in [6, 6.07) is -0.370. The van der Waals surface area contributed by atoms with Crippen LogP contribution in [-0.4, -0.2) is 54.2 Å². The maximum atomic E-state index is 11.8. The first-order chi connectivity index (χ1) is 9.99. The molecule has 0 radical (unpaired) electrons. The van der Waals surface area contributed by atoms with E-state index < -0.39 is 14.4 Å². The van der Waals surface area contributed by atoms with Crippen LogP contribution < -0.4 is 0 Å². The Labute approximate surface area is 142 Å². The van der Waals surface area contributed by atoms with Crippen LogP contribution in [0, 0.1) is 0 Å². The van der Waals surface area contributed by atoms with Crippen LogP contribution in [0.5, 0.6) is 0 Å². The van der Waals surface area contributed by atoms with Gasteiger partial charge in [0.15, 0.2) is 8.32 Å². The summed E-state index contributed by atoms with van der Waals surface area (Å²) < 4.78 is 6.45. The summed E-state index contributed by atoms with van der Waals surface area (Å²) >= 11 is 3.16. The molecule has 1 aliphatic rings.